The number of amides is 1. The maximum atomic E-state index is 12.2. The number of unbranched alkanes of at least 4 members (excludes halogenated alkanes) is 1. The quantitative estimate of drug-likeness (QED) is 0.583. The van der Waals surface area contributed by atoms with Crippen molar-refractivity contribution in [2.45, 2.75) is 45.6 Å². The van der Waals surface area contributed by atoms with Gasteiger partial charge in [-0.25, -0.2) is 8.42 Å². The highest BCUT2D eigenvalue weighted by Crippen LogP contribution is 2.12. The van der Waals surface area contributed by atoms with Crippen molar-refractivity contribution >= 4 is 34.0 Å². The topological polar surface area (TPSA) is 101 Å². The van der Waals surface area contributed by atoms with Gasteiger partial charge in [0.25, 0.3) is 5.91 Å². The summed E-state index contributed by atoms with van der Waals surface area (Å²) < 4.78 is 25.9. The van der Waals surface area contributed by atoms with E-state index in [2.05, 4.69) is 17.0 Å². The smallest absolute Gasteiger partial charge is 0.251 e. The van der Waals surface area contributed by atoms with E-state index in [9.17, 15) is 13.2 Å². The minimum absolute atomic E-state index is 0. The Balaban J connectivity index is 0.00000529. The first-order chi connectivity index (χ1) is 10.9. The van der Waals surface area contributed by atoms with Crippen LogP contribution in [0.2, 0.25) is 0 Å². The Labute approximate surface area is 151 Å². The molecule has 0 aliphatic heterocycles. The van der Waals surface area contributed by atoms with Gasteiger partial charge < -0.3 is 11.1 Å². The highest BCUT2D eigenvalue weighted by Gasteiger charge is 2.13. The number of halogens is 1. The van der Waals surface area contributed by atoms with Crippen LogP contribution in [-0.2, 0) is 10.0 Å². The predicted octanol–water partition coefficient (Wildman–Crippen LogP) is 2.51. The summed E-state index contributed by atoms with van der Waals surface area (Å²) in [5, 5.41) is 2.90. The number of rotatable bonds is 10. The maximum absolute atomic E-state index is 12.2. The summed E-state index contributed by atoms with van der Waals surface area (Å²) in [6.45, 7) is 4.30. The van der Waals surface area contributed by atoms with Crippen LogP contribution < -0.4 is 15.8 Å². The molecule has 24 heavy (non-hydrogen) atoms. The number of hydrogen-bond donors (Lipinski definition) is 3. The highest BCUT2D eigenvalue weighted by molar-refractivity contribution is 7.92. The molecule has 4 N–H and O–H groups in total. The van der Waals surface area contributed by atoms with E-state index in [1.165, 1.54) is 0 Å². The summed E-state index contributed by atoms with van der Waals surface area (Å²) in [5.41, 5.74) is 6.61. The Morgan fingerprint density at radius 1 is 1.17 bits per heavy atom. The lowest BCUT2D eigenvalue weighted by Crippen LogP contribution is -2.40. The van der Waals surface area contributed by atoms with Gasteiger partial charge in [-0.2, -0.15) is 0 Å². The number of hydrogen-bond acceptors (Lipinski definition) is 4. The van der Waals surface area contributed by atoms with Gasteiger partial charge in [0.05, 0.1) is 5.75 Å². The van der Waals surface area contributed by atoms with E-state index < -0.39 is 10.0 Å². The second-order valence-electron chi connectivity index (χ2n) is 5.55. The molecule has 0 saturated carbocycles. The Morgan fingerprint density at radius 3 is 2.29 bits per heavy atom. The highest BCUT2D eigenvalue weighted by atomic mass is 35.5. The number of sulfonamides is 1. The van der Waals surface area contributed by atoms with Gasteiger partial charge in [0.2, 0.25) is 10.0 Å². The Hall–Kier alpha value is -1.31. The molecule has 0 radical (unpaired) electrons. The maximum Gasteiger partial charge on any atom is 0.251 e. The van der Waals surface area contributed by atoms with Gasteiger partial charge in [-0.05, 0) is 37.1 Å². The minimum Gasteiger partial charge on any atom is -0.348 e. The van der Waals surface area contributed by atoms with Crippen LogP contribution in [0, 0.1) is 0 Å². The number of benzene rings is 1. The third-order valence-corrected chi connectivity index (χ3v) is 4.91. The molecule has 8 heteroatoms. The molecule has 6 nitrogen and oxygen atoms in total. The molecule has 0 aromatic heterocycles. The van der Waals surface area contributed by atoms with Gasteiger partial charge in [-0.1, -0.05) is 26.7 Å². The largest absolute Gasteiger partial charge is 0.348 e. The van der Waals surface area contributed by atoms with Crippen molar-refractivity contribution in [3.05, 3.63) is 29.8 Å². The van der Waals surface area contributed by atoms with Crippen molar-refractivity contribution in [3.8, 4) is 0 Å². The SMILES string of the molecule is CCCCC(CN)NC(=O)c1ccc(NS(=O)(=O)CCC)cc1.Cl. The van der Waals surface area contributed by atoms with Gasteiger partial charge in [0.15, 0.2) is 0 Å². The van der Waals surface area contributed by atoms with Crippen LogP contribution in [0.5, 0.6) is 0 Å². The fourth-order valence-electron chi connectivity index (χ4n) is 2.16. The summed E-state index contributed by atoms with van der Waals surface area (Å²) in [7, 11) is -3.32. The van der Waals surface area contributed by atoms with E-state index in [0.29, 0.717) is 24.2 Å². The molecule has 1 unspecified atom stereocenters. The third-order valence-electron chi connectivity index (χ3n) is 3.42. The summed E-state index contributed by atoms with van der Waals surface area (Å²) in [6.07, 6.45) is 3.47. The van der Waals surface area contributed by atoms with Crippen molar-refractivity contribution in [2.24, 2.45) is 5.73 Å². The van der Waals surface area contributed by atoms with E-state index >= 15 is 0 Å². The van der Waals surface area contributed by atoms with Crippen LogP contribution in [0.4, 0.5) is 5.69 Å². The van der Waals surface area contributed by atoms with Crippen LogP contribution in [0.15, 0.2) is 24.3 Å². The Morgan fingerprint density at radius 2 is 1.79 bits per heavy atom. The van der Waals surface area contributed by atoms with Gasteiger partial charge in [0, 0.05) is 23.8 Å². The molecule has 0 heterocycles. The lowest BCUT2D eigenvalue weighted by atomic mass is 10.1. The number of anilines is 1. The molecule has 1 amide bonds. The van der Waals surface area contributed by atoms with Gasteiger partial charge in [-0.3, -0.25) is 9.52 Å². The minimum atomic E-state index is -3.32. The fraction of sp³-hybridized carbons (Fsp3) is 0.562. The summed E-state index contributed by atoms with van der Waals surface area (Å²) in [4.78, 5) is 12.2. The van der Waals surface area contributed by atoms with E-state index in [4.69, 9.17) is 5.73 Å². The normalized spacial score (nSPS) is 12.1. The van der Waals surface area contributed by atoms with Gasteiger partial charge >= 0.3 is 0 Å². The first kappa shape index (κ1) is 22.7. The molecule has 1 rings (SSSR count). The zero-order valence-electron chi connectivity index (χ0n) is 14.2. The number of nitrogens with two attached hydrogens (primary N) is 1. The number of carbonyl (C=O) groups excluding carboxylic acids is 1. The third kappa shape index (κ3) is 7.99. The van der Waals surface area contributed by atoms with Crippen molar-refractivity contribution in [3.63, 3.8) is 0 Å². The van der Waals surface area contributed by atoms with Crippen molar-refractivity contribution < 1.29 is 13.2 Å². The molecule has 0 bridgehead atoms. The summed E-state index contributed by atoms with van der Waals surface area (Å²) in [5.74, 6) is -0.121. The lowest BCUT2D eigenvalue weighted by molar-refractivity contribution is 0.0936. The van der Waals surface area contributed by atoms with Gasteiger partial charge in [-0.15, -0.1) is 12.4 Å². The number of nitrogens with one attached hydrogen (secondary N) is 2. The van der Waals surface area contributed by atoms with Crippen molar-refractivity contribution in [2.75, 3.05) is 17.0 Å². The molecular formula is C16H28ClN3O3S. The first-order valence-electron chi connectivity index (χ1n) is 8.03. The van der Waals surface area contributed by atoms with Crippen LogP contribution in [0.25, 0.3) is 0 Å². The molecule has 1 aromatic rings. The molecule has 0 spiro atoms. The number of carbonyl (C=O) groups is 1. The molecule has 0 aliphatic carbocycles. The molecule has 1 atom stereocenters. The predicted molar refractivity (Wildman–Crippen MR) is 101 cm³/mol. The van der Waals surface area contributed by atoms with Crippen molar-refractivity contribution in [1.82, 2.24) is 5.32 Å². The molecule has 0 saturated heterocycles. The monoisotopic (exact) mass is 377 g/mol. The van der Waals surface area contributed by atoms with Crippen LogP contribution in [0.1, 0.15) is 49.9 Å². The molecule has 0 aliphatic rings. The molecule has 1 aromatic carbocycles. The van der Waals surface area contributed by atoms with E-state index in [-0.39, 0.29) is 30.1 Å². The second kappa shape index (κ2) is 11.3. The van der Waals surface area contributed by atoms with Crippen molar-refractivity contribution in [1.29, 1.82) is 0 Å². The second-order valence-corrected chi connectivity index (χ2v) is 7.39. The average molecular weight is 378 g/mol. The molecule has 138 valence electrons. The van der Waals surface area contributed by atoms with E-state index in [1.54, 1.807) is 31.2 Å². The Kier molecular flexibility index (Phi) is 10.7. The van der Waals surface area contributed by atoms with Crippen LogP contribution in [-0.4, -0.2) is 32.7 Å². The summed E-state index contributed by atoms with van der Waals surface area (Å²) in [6, 6.07) is 6.35. The first-order valence-corrected chi connectivity index (χ1v) is 9.68. The van der Waals surface area contributed by atoms with E-state index in [1.807, 2.05) is 0 Å². The van der Waals surface area contributed by atoms with Crippen LogP contribution >= 0.6 is 12.4 Å². The zero-order valence-corrected chi connectivity index (χ0v) is 15.9. The summed E-state index contributed by atoms with van der Waals surface area (Å²) >= 11 is 0. The molecular weight excluding hydrogens is 350 g/mol. The van der Waals surface area contributed by atoms with Gasteiger partial charge in [0.1, 0.15) is 0 Å². The molecule has 0 fully saturated rings. The standard InChI is InChI=1S/C16H27N3O3S.ClH/c1-3-5-6-15(12-17)18-16(20)13-7-9-14(10-8-13)19-23(21,22)11-4-2;/h7-10,15,19H,3-6,11-12,17H2,1-2H3,(H,18,20);1H. The Bertz CT molecular complexity index is 591. The van der Waals surface area contributed by atoms with Crippen LogP contribution in [0.3, 0.4) is 0 Å². The average Bonchev–Trinajstić information content (AvgIpc) is 2.51. The fourth-order valence-corrected chi connectivity index (χ4v) is 3.29. The van der Waals surface area contributed by atoms with E-state index in [0.717, 1.165) is 19.3 Å². The lowest BCUT2D eigenvalue weighted by Gasteiger charge is -2.16. The zero-order chi connectivity index (χ0) is 17.3.